The van der Waals surface area contributed by atoms with E-state index in [2.05, 4.69) is 4.98 Å². The molecular weight excluding hydrogens is 157 g/mol. The molecule has 1 unspecified atom stereocenters. The minimum absolute atomic E-state index is 0.346. The molecule has 0 saturated heterocycles. The van der Waals surface area contributed by atoms with E-state index in [1.165, 1.54) is 0 Å². The monoisotopic (exact) mass is 169 g/mol. The van der Waals surface area contributed by atoms with Crippen molar-refractivity contribution in [2.75, 3.05) is 0 Å². The van der Waals surface area contributed by atoms with Crippen LogP contribution in [-0.2, 0) is 0 Å². The van der Waals surface area contributed by atoms with Crippen LogP contribution >= 0.6 is 0 Å². The Labute approximate surface area is 71.4 Å². The first-order valence-corrected chi connectivity index (χ1v) is 4.04. The van der Waals surface area contributed by atoms with Crippen molar-refractivity contribution < 1.29 is 9.13 Å². The van der Waals surface area contributed by atoms with Crippen molar-refractivity contribution in [3.05, 3.63) is 24.4 Å². The zero-order valence-corrected chi connectivity index (χ0v) is 7.03. The van der Waals surface area contributed by atoms with Gasteiger partial charge in [-0.25, -0.2) is 9.37 Å². The van der Waals surface area contributed by atoms with Gasteiger partial charge in [-0.3, -0.25) is 0 Å². The first-order valence-electron chi connectivity index (χ1n) is 4.04. The molecule has 3 heteroatoms. The summed E-state index contributed by atoms with van der Waals surface area (Å²) in [6, 6.07) is 5.17. The topological polar surface area (TPSA) is 22.1 Å². The smallest absolute Gasteiger partial charge is 0.240 e. The summed E-state index contributed by atoms with van der Waals surface area (Å²) in [5, 5.41) is 0. The Morgan fingerprint density at radius 3 is 3.00 bits per heavy atom. The van der Waals surface area contributed by atoms with E-state index < -0.39 is 6.36 Å². The first kappa shape index (κ1) is 8.97. The van der Waals surface area contributed by atoms with E-state index in [4.69, 9.17) is 4.74 Å². The van der Waals surface area contributed by atoms with E-state index in [1.807, 2.05) is 6.92 Å². The molecule has 0 fully saturated rings. The predicted octanol–water partition coefficient (Wildman–Crippen LogP) is 2.56. The molecule has 0 bridgehead atoms. The van der Waals surface area contributed by atoms with Gasteiger partial charge in [-0.15, -0.1) is 0 Å². The molecule has 1 rings (SSSR count). The fourth-order valence-electron chi connectivity index (χ4n) is 0.834. The molecule has 0 radical (unpaired) electrons. The summed E-state index contributed by atoms with van der Waals surface area (Å²) in [7, 11) is 0. The lowest BCUT2D eigenvalue weighted by molar-refractivity contribution is 0.0543. The van der Waals surface area contributed by atoms with Crippen molar-refractivity contribution >= 4 is 0 Å². The number of pyridine rings is 1. The second-order valence-corrected chi connectivity index (χ2v) is 2.48. The largest absolute Gasteiger partial charge is 0.443 e. The van der Waals surface area contributed by atoms with Crippen molar-refractivity contribution in [3.63, 3.8) is 0 Å². The lowest BCUT2D eigenvalue weighted by Gasteiger charge is -2.08. The van der Waals surface area contributed by atoms with Crippen molar-refractivity contribution in [3.8, 4) is 5.88 Å². The first-order chi connectivity index (χ1) is 5.83. The predicted molar refractivity (Wildman–Crippen MR) is 44.7 cm³/mol. The Bertz CT molecular complexity index is 215. The normalized spacial score (nSPS) is 12.5. The number of alkyl halides is 1. The van der Waals surface area contributed by atoms with Crippen LogP contribution in [0.5, 0.6) is 5.88 Å². The van der Waals surface area contributed by atoms with E-state index >= 15 is 0 Å². The van der Waals surface area contributed by atoms with Gasteiger partial charge >= 0.3 is 0 Å². The zero-order chi connectivity index (χ0) is 8.81. The summed E-state index contributed by atoms with van der Waals surface area (Å²) in [5.74, 6) is 0.346. The molecule has 0 spiro atoms. The number of hydrogen-bond acceptors (Lipinski definition) is 2. The van der Waals surface area contributed by atoms with Crippen molar-refractivity contribution in [2.24, 2.45) is 0 Å². The van der Waals surface area contributed by atoms with Crippen LogP contribution in [0.2, 0.25) is 0 Å². The minimum Gasteiger partial charge on any atom is -0.443 e. The van der Waals surface area contributed by atoms with Gasteiger partial charge < -0.3 is 4.74 Å². The second-order valence-electron chi connectivity index (χ2n) is 2.48. The number of halogens is 1. The third-order valence-corrected chi connectivity index (χ3v) is 1.40. The number of hydrogen-bond donors (Lipinski definition) is 0. The number of ether oxygens (including phenoxy) is 1. The molecule has 0 aliphatic rings. The van der Waals surface area contributed by atoms with Gasteiger partial charge in [0.05, 0.1) is 0 Å². The quantitative estimate of drug-likeness (QED) is 0.691. The Morgan fingerprint density at radius 2 is 2.42 bits per heavy atom. The maximum Gasteiger partial charge on any atom is 0.240 e. The van der Waals surface area contributed by atoms with Gasteiger partial charge in [-0.2, -0.15) is 0 Å². The van der Waals surface area contributed by atoms with Crippen LogP contribution in [-0.4, -0.2) is 11.3 Å². The van der Waals surface area contributed by atoms with Gasteiger partial charge in [0, 0.05) is 18.7 Å². The maximum absolute atomic E-state index is 12.8. The standard InChI is InChI=1S/C9H12FNO/c1-2-5-8(10)12-9-6-3-4-7-11-9/h3-4,6-8H,2,5H2,1H3. The van der Waals surface area contributed by atoms with E-state index in [1.54, 1.807) is 24.4 Å². The molecule has 1 aromatic rings. The van der Waals surface area contributed by atoms with Gasteiger partial charge in [0.2, 0.25) is 12.2 Å². The van der Waals surface area contributed by atoms with Gasteiger partial charge in [0.25, 0.3) is 0 Å². The van der Waals surface area contributed by atoms with Gasteiger partial charge in [-0.1, -0.05) is 13.0 Å². The highest BCUT2D eigenvalue weighted by atomic mass is 19.1. The summed E-state index contributed by atoms with van der Waals surface area (Å²) < 4.78 is 17.7. The van der Waals surface area contributed by atoms with Gasteiger partial charge in [0.1, 0.15) is 0 Å². The third-order valence-electron chi connectivity index (χ3n) is 1.40. The Kier molecular flexibility index (Phi) is 3.51. The molecule has 0 N–H and O–H groups in total. The summed E-state index contributed by atoms with van der Waals surface area (Å²) in [4.78, 5) is 3.84. The van der Waals surface area contributed by atoms with E-state index in [0.29, 0.717) is 12.3 Å². The van der Waals surface area contributed by atoms with Crippen molar-refractivity contribution in [1.29, 1.82) is 0 Å². The number of rotatable bonds is 4. The molecule has 0 amide bonds. The summed E-state index contributed by atoms with van der Waals surface area (Å²) in [6.07, 6.45) is 1.53. The van der Waals surface area contributed by atoms with Gasteiger partial charge in [0.15, 0.2) is 0 Å². The highest BCUT2D eigenvalue weighted by Gasteiger charge is 2.05. The Morgan fingerprint density at radius 1 is 1.58 bits per heavy atom. The zero-order valence-electron chi connectivity index (χ0n) is 7.03. The number of nitrogens with zero attached hydrogens (tertiary/aromatic N) is 1. The van der Waals surface area contributed by atoms with E-state index in [0.717, 1.165) is 6.42 Å². The van der Waals surface area contributed by atoms with Crippen LogP contribution in [0.4, 0.5) is 4.39 Å². The molecule has 1 aromatic heterocycles. The van der Waals surface area contributed by atoms with E-state index in [-0.39, 0.29) is 0 Å². The Balaban J connectivity index is 2.41. The molecule has 0 aliphatic heterocycles. The number of aromatic nitrogens is 1. The SMILES string of the molecule is CCCC(F)Oc1ccccn1. The maximum atomic E-state index is 12.8. The molecular formula is C9H12FNO. The highest BCUT2D eigenvalue weighted by Crippen LogP contribution is 2.10. The Hall–Kier alpha value is -1.12. The van der Waals surface area contributed by atoms with Crippen molar-refractivity contribution in [2.45, 2.75) is 26.1 Å². The van der Waals surface area contributed by atoms with Crippen LogP contribution in [0.25, 0.3) is 0 Å². The molecule has 66 valence electrons. The van der Waals surface area contributed by atoms with Gasteiger partial charge in [-0.05, 0) is 12.5 Å². The highest BCUT2D eigenvalue weighted by molar-refractivity contribution is 5.09. The molecule has 0 aliphatic carbocycles. The minimum atomic E-state index is -1.23. The second kappa shape index (κ2) is 4.70. The van der Waals surface area contributed by atoms with E-state index in [9.17, 15) is 4.39 Å². The molecule has 0 aromatic carbocycles. The molecule has 2 nitrogen and oxygen atoms in total. The van der Waals surface area contributed by atoms with Crippen molar-refractivity contribution in [1.82, 2.24) is 4.98 Å². The molecule has 1 atom stereocenters. The van der Waals surface area contributed by atoms with Crippen LogP contribution in [0.1, 0.15) is 19.8 Å². The lowest BCUT2D eigenvalue weighted by atomic mass is 10.3. The lowest BCUT2D eigenvalue weighted by Crippen LogP contribution is -2.09. The average Bonchev–Trinajstić information content (AvgIpc) is 2.06. The molecule has 1 heterocycles. The average molecular weight is 169 g/mol. The fourth-order valence-corrected chi connectivity index (χ4v) is 0.834. The van der Waals surface area contributed by atoms with Crippen LogP contribution < -0.4 is 4.74 Å². The summed E-state index contributed by atoms with van der Waals surface area (Å²) >= 11 is 0. The third kappa shape index (κ3) is 2.86. The van der Waals surface area contributed by atoms with Crippen LogP contribution in [0.3, 0.4) is 0 Å². The van der Waals surface area contributed by atoms with Crippen LogP contribution in [0, 0.1) is 0 Å². The molecule has 0 saturated carbocycles. The summed E-state index contributed by atoms with van der Waals surface area (Å²) in [5.41, 5.74) is 0. The molecule has 12 heavy (non-hydrogen) atoms. The fraction of sp³-hybridized carbons (Fsp3) is 0.444. The summed E-state index contributed by atoms with van der Waals surface area (Å²) in [6.45, 7) is 1.91. The van der Waals surface area contributed by atoms with Crippen LogP contribution in [0.15, 0.2) is 24.4 Å².